The van der Waals surface area contributed by atoms with Crippen LogP contribution in [0, 0.1) is 12.7 Å². The molecule has 1 aromatic heterocycles. The summed E-state index contributed by atoms with van der Waals surface area (Å²) in [4.78, 5) is 22.4. The molecule has 126 valence electrons. The first-order chi connectivity index (χ1) is 11.6. The van der Waals surface area contributed by atoms with Gasteiger partial charge in [0, 0.05) is 36.2 Å². The van der Waals surface area contributed by atoms with Gasteiger partial charge in [0.1, 0.15) is 11.6 Å². The Bertz CT molecular complexity index is 764. The van der Waals surface area contributed by atoms with Crippen molar-refractivity contribution in [3.63, 3.8) is 0 Å². The lowest BCUT2D eigenvalue weighted by Crippen LogP contribution is -2.34. The number of aryl methyl sites for hydroxylation is 1. The maximum absolute atomic E-state index is 14.1. The minimum atomic E-state index is -0.270. The second kappa shape index (κ2) is 6.04. The van der Waals surface area contributed by atoms with Crippen molar-refractivity contribution >= 4 is 5.91 Å². The molecule has 1 aromatic carbocycles. The standard InChI is InChI=1S/C19H22FN3O/c1-12-18(15-8-4-5-9-16(15)20)22-19(21-12)13-10-17(24)23(11-13)14-6-2-3-7-14/h4-5,8-9,13-14H,2-3,6-7,10-11H2,1H3,(H,21,22)/t13-/m1/s1. The number of likely N-dealkylation sites (tertiary alicyclic amines) is 1. The first-order valence-corrected chi connectivity index (χ1v) is 8.74. The first kappa shape index (κ1) is 15.4. The Morgan fingerprint density at radius 1 is 1.25 bits per heavy atom. The molecule has 0 spiro atoms. The molecule has 2 aliphatic rings. The molecule has 0 unspecified atom stereocenters. The Morgan fingerprint density at radius 2 is 2.00 bits per heavy atom. The third-order valence-corrected chi connectivity index (χ3v) is 5.34. The van der Waals surface area contributed by atoms with Crippen LogP contribution < -0.4 is 0 Å². The largest absolute Gasteiger partial charge is 0.345 e. The summed E-state index contributed by atoms with van der Waals surface area (Å²) >= 11 is 0. The summed E-state index contributed by atoms with van der Waals surface area (Å²) in [5.41, 5.74) is 2.01. The molecule has 1 aliphatic carbocycles. The molecule has 1 amide bonds. The molecule has 24 heavy (non-hydrogen) atoms. The third-order valence-electron chi connectivity index (χ3n) is 5.34. The quantitative estimate of drug-likeness (QED) is 0.932. The normalized spacial score (nSPS) is 21.8. The molecule has 1 N–H and O–H groups in total. The predicted octanol–water partition coefficient (Wildman–Crippen LogP) is 3.78. The first-order valence-electron chi connectivity index (χ1n) is 8.74. The van der Waals surface area contributed by atoms with Gasteiger partial charge in [-0.2, -0.15) is 0 Å². The van der Waals surface area contributed by atoms with Gasteiger partial charge in [-0.05, 0) is 31.9 Å². The second-order valence-electron chi connectivity index (χ2n) is 6.96. The van der Waals surface area contributed by atoms with Gasteiger partial charge in [-0.25, -0.2) is 9.37 Å². The van der Waals surface area contributed by atoms with Crippen LogP contribution in [0.2, 0.25) is 0 Å². The number of H-pyrrole nitrogens is 1. The highest BCUT2D eigenvalue weighted by atomic mass is 19.1. The highest BCUT2D eigenvalue weighted by Gasteiger charge is 2.37. The van der Waals surface area contributed by atoms with E-state index in [0.29, 0.717) is 23.7 Å². The van der Waals surface area contributed by atoms with E-state index in [0.717, 1.165) is 30.9 Å². The minimum absolute atomic E-state index is 0.0809. The van der Waals surface area contributed by atoms with Crippen molar-refractivity contribution in [3.8, 4) is 11.3 Å². The third kappa shape index (κ3) is 2.62. The molecule has 1 saturated carbocycles. The molecule has 2 fully saturated rings. The highest BCUT2D eigenvalue weighted by Crippen LogP contribution is 2.34. The maximum Gasteiger partial charge on any atom is 0.223 e. The minimum Gasteiger partial charge on any atom is -0.345 e. The monoisotopic (exact) mass is 327 g/mol. The van der Waals surface area contributed by atoms with Gasteiger partial charge in [0.15, 0.2) is 0 Å². The van der Waals surface area contributed by atoms with E-state index in [2.05, 4.69) is 9.97 Å². The van der Waals surface area contributed by atoms with Gasteiger partial charge in [0.05, 0.1) is 5.69 Å². The van der Waals surface area contributed by atoms with E-state index in [4.69, 9.17) is 0 Å². The van der Waals surface area contributed by atoms with E-state index in [1.807, 2.05) is 17.9 Å². The Kier molecular flexibility index (Phi) is 3.87. The molecule has 1 aliphatic heterocycles. The smallest absolute Gasteiger partial charge is 0.223 e. The lowest BCUT2D eigenvalue weighted by Gasteiger charge is -2.23. The fraction of sp³-hybridized carbons (Fsp3) is 0.474. The summed E-state index contributed by atoms with van der Waals surface area (Å²) in [6, 6.07) is 7.09. The average Bonchev–Trinajstić information content (AvgIpc) is 3.27. The summed E-state index contributed by atoms with van der Waals surface area (Å²) in [6.45, 7) is 2.64. The molecular weight excluding hydrogens is 305 g/mol. The van der Waals surface area contributed by atoms with Gasteiger partial charge in [0.2, 0.25) is 5.91 Å². The van der Waals surface area contributed by atoms with E-state index < -0.39 is 0 Å². The molecule has 5 heteroatoms. The number of aromatic nitrogens is 2. The molecule has 4 rings (SSSR count). The van der Waals surface area contributed by atoms with Gasteiger partial charge >= 0.3 is 0 Å². The summed E-state index contributed by atoms with van der Waals surface area (Å²) in [5, 5.41) is 0. The average molecular weight is 327 g/mol. The zero-order chi connectivity index (χ0) is 16.7. The van der Waals surface area contributed by atoms with Crippen LogP contribution >= 0.6 is 0 Å². The second-order valence-corrected chi connectivity index (χ2v) is 6.96. The van der Waals surface area contributed by atoms with E-state index in [-0.39, 0.29) is 17.6 Å². The number of nitrogens with one attached hydrogen (secondary N) is 1. The predicted molar refractivity (Wildman–Crippen MR) is 90.0 cm³/mol. The molecule has 2 heterocycles. The number of nitrogens with zero attached hydrogens (tertiary/aromatic N) is 2. The Morgan fingerprint density at radius 3 is 2.75 bits per heavy atom. The number of carbonyl (C=O) groups excluding carboxylic acids is 1. The number of halogens is 1. The number of rotatable bonds is 3. The number of hydrogen-bond donors (Lipinski definition) is 1. The van der Waals surface area contributed by atoms with Crippen LogP contribution in [-0.4, -0.2) is 33.4 Å². The Labute approximate surface area is 141 Å². The van der Waals surface area contributed by atoms with Crippen molar-refractivity contribution in [2.24, 2.45) is 0 Å². The lowest BCUT2D eigenvalue weighted by molar-refractivity contribution is -0.129. The zero-order valence-corrected chi connectivity index (χ0v) is 13.9. The van der Waals surface area contributed by atoms with Gasteiger partial charge in [-0.1, -0.05) is 25.0 Å². The van der Waals surface area contributed by atoms with E-state index in [9.17, 15) is 9.18 Å². The summed E-state index contributed by atoms with van der Waals surface area (Å²) in [5.74, 6) is 0.846. The number of carbonyl (C=O) groups is 1. The van der Waals surface area contributed by atoms with Crippen LogP contribution in [-0.2, 0) is 4.79 Å². The molecule has 1 saturated heterocycles. The number of imidazole rings is 1. The molecular formula is C19H22FN3O. The van der Waals surface area contributed by atoms with Crippen LogP contribution in [0.3, 0.4) is 0 Å². The SMILES string of the molecule is Cc1[nH]c([C@@H]2CC(=O)N(C3CCCC3)C2)nc1-c1ccccc1F. The van der Waals surface area contributed by atoms with Crippen molar-refractivity contribution < 1.29 is 9.18 Å². The van der Waals surface area contributed by atoms with Crippen molar-refractivity contribution in [1.29, 1.82) is 0 Å². The Hall–Kier alpha value is -2.17. The van der Waals surface area contributed by atoms with Gasteiger partial charge < -0.3 is 9.88 Å². The molecule has 0 radical (unpaired) electrons. The number of aromatic amines is 1. The van der Waals surface area contributed by atoms with Crippen molar-refractivity contribution in [3.05, 3.63) is 41.6 Å². The topological polar surface area (TPSA) is 49.0 Å². The summed E-state index contributed by atoms with van der Waals surface area (Å²) in [7, 11) is 0. The van der Waals surface area contributed by atoms with Crippen LogP contribution in [0.25, 0.3) is 11.3 Å². The van der Waals surface area contributed by atoms with Crippen LogP contribution in [0.4, 0.5) is 4.39 Å². The number of benzene rings is 1. The summed E-state index contributed by atoms with van der Waals surface area (Å²) < 4.78 is 14.1. The van der Waals surface area contributed by atoms with E-state index in [1.165, 1.54) is 18.9 Å². The van der Waals surface area contributed by atoms with Crippen molar-refractivity contribution in [2.75, 3.05) is 6.54 Å². The number of amides is 1. The van der Waals surface area contributed by atoms with E-state index in [1.54, 1.807) is 12.1 Å². The molecule has 4 nitrogen and oxygen atoms in total. The highest BCUT2D eigenvalue weighted by molar-refractivity contribution is 5.80. The molecule has 2 aromatic rings. The lowest BCUT2D eigenvalue weighted by atomic mass is 10.1. The van der Waals surface area contributed by atoms with Gasteiger partial charge in [0.25, 0.3) is 0 Å². The zero-order valence-electron chi connectivity index (χ0n) is 13.9. The van der Waals surface area contributed by atoms with Gasteiger partial charge in [-0.3, -0.25) is 4.79 Å². The van der Waals surface area contributed by atoms with E-state index >= 15 is 0 Å². The van der Waals surface area contributed by atoms with Crippen molar-refractivity contribution in [1.82, 2.24) is 14.9 Å². The van der Waals surface area contributed by atoms with Crippen LogP contribution in [0.15, 0.2) is 24.3 Å². The van der Waals surface area contributed by atoms with Crippen molar-refractivity contribution in [2.45, 2.75) is 51.0 Å². The fourth-order valence-electron chi connectivity index (χ4n) is 4.08. The number of hydrogen-bond acceptors (Lipinski definition) is 2. The van der Waals surface area contributed by atoms with Crippen LogP contribution in [0.1, 0.15) is 49.5 Å². The van der Waals surface area contributed by atoms with Gasteiger partial charge in [-0.15, -0.1) is 0 Å². The molecule has 1 atom stereocenters. The Balaban J connectivity index is 1.59. The van der Waals surface area contributed by atoms with Crippen LogP contribution in [0.5, 0.6) is 0 Å². The maximum atomic E-state index is 14.1. The molecule has 0 bridgehead atoms. The summed E-state index contributed by atoms with van der Waals surface area (Å²) in [6.07, 6.45) is 5.18. The fourth-order valence-corrected chi connectivity index (χ4v) is 4.08.